The van der Waals surface area contributed by atoms with Crippen molar-refractivity contribution in [1.82, 2.24) is 0 Å². The highest BCUT2D eigenvalue weighted by molar-refractivity contribution is 5.74. The van der Waals surface area contributed by atoms with Gasteiger partial charge in [-0.1, -0.05) is 18.2 Å². The van der Waals surface area contributed by atoms with E-state index >= 15 is 0 Å². The third-order valence-corrected chi connectivity index (χ3v) is 1.43. The van der Waals surface area contributed by atoms with E-state index in [-0.39, 0.29) is 5.92 Å². The number of hydrogen-bond donors (Lipinski definition) is 0. The molecule has 0 spiro atoms. The molecule has 1 aliphatic carbocycles. The fourth-order valence-electron chi connectivity index (χ4n) is 0.879. The third kappa shape index (κ3) is 1.32. The molecule has 0 aliphatic heterocycles. The van der Waals surface area contributed by atoms with Crippen molar-refractivity contribution < 1.29 is 4.79 Å². The van der Waals surface area contributed by atoms with Crippen molar-refractivity contribution in [2.45, 2.75) is 6.42 Å². The van der Waals surface area contributed by atoms with Crippen molar-refractivity contribution in [2.75, 3.05) is 0 Å². The summed E-state index contributed by atoms with van der Waals surface area (Å²) in [5, 5.41) is 8.46. The van der Waals surface area contributed by atoms with Gasteiger partial charge in [-0.3, -0.25) is 4.79 Å². The van der Waals surface area contributed by atoms with Gasteiger partial charge in [-0.2, -0.15) is 5.26 Å². The maximum atomic E-state index is 10.2. The fourth-order valence-corrected chi connectivity index (χ4v) is 0.879. The van der Waals surface area contributed by atoms with Crippen LogP contribution in [0.5, 0.6) is 0 Å². The number of hydrogen-bond acceptors (Lipinski definition) is 2. The lowest BCUT2D eigenvalue weighted by Crippen LogP contribution is -1.99. The average Bonchev–Trinajstić information content (AvgIpc) is 2.05. The first-order chi connectivity index (χ1) is 4.86. The molecule has 2 heteroatoms. The van der Waals surface area contributed by atoms with Crippen LogP contribution in [0, 0.1) is 17.2 Å². The van der Waals surface area contributed by atoms with Gasteiger partial charge >= 0.3 is 0 Å². The molecule has 0 aromatic carbocycles. The van der Waals surface area contributed by atoms with Gasteiger partial charge in [-0.15, -0.1) is 0 Å². The topological polar surface area (TPSA) is 40.9 Å². The van der Waals surface area contributed by atoms with Crippen LogP contribution < -0.4 is 0 Å². The average molecular weight is 133 g/mol. The first-order valence-electron chi connectivity index (χ1n) is 3.09. The van der Waals surface area contributed by atoms with E-state index < -0.39 is 0 Å². The molecule has 1 aliphatic rings. The quantitative estimate of drug-likeness (QED) is 0.504. The highest BCUT2D eigenvalue weighted by atomic mass is 16.1. The summed E-state index contributed by atoms with van der Waals surface area (Å²) in [6, 6.07) is 2.08. The van der Waals surface area contributed by atoms with E-state index in [1.165, 1.54) is 0 Å². The highest BCUT2D eigenvalue weighted by Gasteiger charge is 2.08. The summed E-state index contributed by atoms with van der Waals surface area (Å²) in [4.78, 5) is 10.2. The molecule has 0 bridgehead atoms. The van der Waals surface area contributed by atoms with Crippen LogP contribution in [-0.2, 0) is 4.79 Å². The molecule has 0 saturated carbocycles. The Hall–Kier alpha value is -1.36. The summed E-state index contributed by atoms with van der Waals surface area (Å²) in [6.07, 6.45) is 6.65. The molecule has 0 fully saturated rings. The van der Waals surface area contributed by atoms with Crippen LogP contribution in [0.25, 0.3) is 0 Å². The molecule has 2 nitrogen and oxygen atoms in total. The second-order valence-electron chi connectivity index (χ2n) is 2.18. The van der Waals surface area contributed by atoms with Gasteiger partial charge in [0.05, 0.1) is 12.0 Å². The number of aldehydes is 1. The first-order valence-corrected chi connectivity index (χ1v) is 3.09. The first kappa shape index (κ1) is 6.76. The second-order valence-corrected chi connectivity index (χ2v) is 2.18. The largest absolute Gasteiger partial charge is 0.298 e. The zero-order valence-electron chi connectivity index (χ0n) is 5.45. The molecule has 0 amide bonds. The van der Waals surface area contributed by atoms with Crippen LogP contribution in [-0.4, -0.2) is 6.29 Å². The van der Waals surface area contributed by atoms with Crippen LogP contribution in [0.3, 0.4) is 0 Å². The van der Waals surface area contributed by atoms with E-state index in [9.17, 15) is 4.79 Å². The molecular weight excluding hydrogens is 126 g/mol. The van der Waals surface area contributed by atoms with E-state index in [2.05, 4.69) is 6.07 Å². The fraction of sp³-hybridized carbons (Fsp3) is 0.250. The molecular formula is C8H7NO. The summed E-state index contributed by atoms with van der Waals surface area (Å²) in [7, 11) is 0. The standard InChI is InChI=1S/C8H7NO/c9-5-7-2-1-3-8(4-7)6-10/h1-3,6-7H,4H2. The highest BCUT2D eigenvalue weighted by Crippen LogP contribution is 2.15. The van der Waals surface area contributed by atoms with E-state index in [4.69, 9.17) is 5.26 Å². The van der Waals surface area contributed by atoms with Gasteiger partial charge in [-0.05, 0) is 12.0 Å². The van der Waals surface area contributed by atoms with Gasteiger partial charge in [0, 0.05) is 0 Å². The molecule has 0 N–H and O–H groups in total. The monoisotopic (exact) mass is 133 g/mol. The minimum atomic E-state index is -0.106. The zero-order valence-corrected chi connectivity index (χ0v) is 5.45. The molecule has 1 rings (SSSR count). The van der Waals surface area contributed by atoms with Crippen molar-refractivity contribution in [3.8, 4) is 6.07 Å². The Morgan fingerprint density at radius 3 is 3.20 bits per heavy atom. The number of nitriles is 1. The number of allylic oxidation sites excluding steroid dienone is 4. The van der Waals surface area contributed by atoms with E-state index in [0.717, 1.165) is 6.29 Å². The normalized spacial score (nSPS) is 23.1. The molecule has 10 heavy (non-hydrogen) atoms. The lowest BCUT2D eigenvalue weighted by atomic mass is 9.97. The summed E-state index contributed by atoms with van der Waals surface area (Å²) < 4.78 is 0. The van der Waals surface area contributed by atoms with E-state index in [1.807, 2.05) is 0 Å². The molecule has 50 valence electrons. The summed E-state index contributed by atoms with van der Waals surface area (Å²) in [5.41, 5.74) is 0.703. The molecule has 1 atom stereocenters. The van der Waals surface area contributed by atoms with Crippen molar-refractivity contribution in [1.29, 1.82) is 5.26 Å². The molecule has 0 aromatic rings. The number of carbonyl (C=O) groups is 1. The zero-order chi connectivity index (χ0) is 7.40. The Balaban J connectivity index is 2.69. The van der Waals surface area contributed by atoms with Gasteiger partial charge in [0.25, 0.3) is 0 Å². The van der Waals surface area contributed by atoms with Crippen LogP contribution in [0.2, 0.25) is 0 Å². The summed E-state index contributed by atoms with van der Waals surface area (Å²) in [6.45, 7) is 0. The maximum Gasteiger partial charge on any atom is 0.146 e. The molecule has 0 aromatic heterocycles. The Bertz CT molecular complexity index is 232. The Morgan fingerprint density at radius 2 is 2.60 bits per heavy atom. The van der Waals surface area contributed by atoms with Crippen LogP contribution >= 0.6 is 0 Å². The van der Waals surface area contributed by atoms with Gasteiger partial charge in [0.1, 0.15) is 6.29 Å². The lowest BCUT2D eigenvalue weighted by molar-refractivity contribution is -0.105. The van der Waals surface area contributed by atoms with Gasteiger partial charge in [0.15, 0.2) is 0 Å². The van der Waals surface area contributed by atoms with E-state index in [1.54, 1.807) is 18.2 Å². The maximum absolute atomic E-state index is 10.2. The lowest BCUT2D eigenvalue weighted by Gasteiger charge is -2.05. The number of rotatable bonds is 1. The molecule has 0 saturated heterocycles. The molecule has 1 unspecified atom stereocenters. The van der Waals surface area contributed by atoms with Crippen molar-refractivity contribution in [2.24, 2.45) is 5.92 Å². The Morgan fingerprint density at radius 1 is 1.80 bits per heavy atom. The summed E-state index contributed by atoms with van der Waals surface area (Å²) >= 11 is 0. The minimum absolute atomic E-state index is 0.106. The minimum Gasteiger partial charge on any atom is -0.298 e. The smallest absolute Gasteiger partial charge is 0.146 e. The van der Waals surface area contributed by atoms with Gasteiger partial charge in [-0.25, -0.2) is 0 Å². The van der Waals surface area contributed by atoms with Gasteiger partial charge < -0.3 is 0 Å². The van der Waals surface area contributed by atoms with Crippen LogP contribution in [0.15, 0.2) is 23.8 Å². The van der Waals surface area contributed by atoms with Crippen molar-refractivity contribution in [3.05, 3.63) is 23.8 Å². The van der Waals surface area contributed by atoms with E-state index in [0.29, 0.717) is 12.0 Å². The predicted octanol–water partition coefficient (Wildman–Crippen LogP) is 1.21. The second kappa shape index (κ2) is 2.98. The van der Waals surface area contributed by atoms with Crippen molar-refractivity contribution in [3.63, 3.8) is 0 Å². The van der Waals surface area contributed by atoms with Crippen molar-refractivity contribution >= 4 is 6.29 Å². The van der Waals surface area contributed by atoms with Gasteiger partial charge in [0.2, 0.25) is 0 Å². The predicted molar refractivity (Wildman–Crippen MR) is 37.0 cm³/mol. The molecule has 0 radical (unpaired) electrons. The number of carbonyl (C=O) groups excluding carboxylic acids is 1. The Kier molecular flexibility index (Phi) is 2.01. The molecule has 0 heterocycles. The summed E-state index contributed by atoms with van der Waals surface area (Å²) in [5.74, 6) is -0.106. The van der Waals surface area contributed by atoms with Crippen LogP contribution in [0.1, 0.15) is 6.42 Å². The Labute approximate surface area is 59.5 Å². The number of nitrogens with zero attached hydrogens (tertiary/aromatic N) is 1. The third-order valence-electron chi connectivity index (χ3n) is 1.43. The SMILES string of the molecule is N#CC1C=CC=C(C=O)C1. The van der Waals surface area contributed by atoms with Crippen LogP contribution in [0.4, 0.5) is 0 Å².